The lowest BCUT2D eigenvalue weighted by Gasteiger charge is -2.33. The number of rotatable bonds is 4. The number of methoxy groups -OCH3 is 1. The van der Waals surface area contributed by atoms with Gasteiger partial charge in [-0.15, -0.1) is 11.8 Å². The molecule has 0 unspecified atom stereocenters. The Kier molecular flexibility index (Phi) is 5.65. The zero-order valence-electron chi connectivity index (χ0n) is 18.3. The summed E-state index contributed by atoms with van der Waals surface area (Å²) in [6.07, 6.45) is 0. The maximum atomic E-state index is 14.5. The summed E-state index contributed by atoms with van der Waals surface area (Å²) >= 11 is 1.32. The van der Waals surface area contributed by atoms with Gasteiger partial charge in [-0.1, -0.05) is 24.3 Å². The van der Waals surface area contributed by atoms with Crippen molar-refractivity contribution in [1.82, 2.24) is 4.90 Å². The molecule has 2 aliphatic heterocycles. The molecule has 0 saturated carbocycles. The minimum Gasteiger partial charge on any atom is -0.497 e. The second kappa shape index (κ2) is 8.64. The first-order valence-electron chi connectivity index (χ1n) is 10.7. The molecule has 5 rings (SSSR count). The number of hydrogen-bond donors (Lipinski definition) is 1. The van der Waals surface area contributed by atoms with Crippen LogP contribution in [0.1, 0.15) is 11.1 Å². The molecule has 1 saturated heterocycles. The van der Waals surface area contributed by atoms with Crippen LogP contribution in [0.25, 0.3) is 0 Å². The van der Waals surface area contributed by atoms with Gasteiger partial charge in [-0.2, -0.15) is 0 Å². The van der Waals surface area contributed by atoms with Crippen molar-refractivity contribution in [3.05, 3.63) is 89.5 Å². The molecule has 0 bridgehead atoms. The van der Waals surface area contributed by atoms with E-state index in [2.05, 4.69) is 5.32 Å². The number of amides is 3. The number of ether oxygens (including phenoxy) is 1. The molecule has 0 radical (unpaired) electrons. The number of benzene rings is 3. The first-order valence-corrected chi connectivity index (χ1v) is 11.7. The fourth-order valence-corrected chi connectivity index (χ4v) is 5.88. The van der Waals surface area contributed by atoms with Gasteiger partial charge < -0.3 is 15.0 Å². The van der Waals surface area contributed by atoms with E-state index in [0.717, 1.165) is 12.1 Å². The van der Waals surface area contributed by atoms with E-state index in [9.17, 15) is 18.4 Å². The number of para-hydroxylation sites is 1. The van der Waals surface area contributed by atoms with E-state index in [0.29, 0.717) is 35.0 Å². The van der Waals surface area contributed by atoms with Gasteiger partial charge in [0.1, 0.15) is 17.4 Å². The Morgan fingerprint density at radius 1 is 1.09 bits per heavy atom. The van der Waals surface area contributed by atoms with Crippen LogP contribution >= 0.6 is 11.8 Å². The molecule has 2 aliphatic rings. The smallest absolute Gasteiger partial charge is 0.323 e. The van der Waals surface area contributed by atoms with Gasteiger partial charge in [0, 0.05) is 29.1 Å². The lowest BCUT2D eigenvalue weighted by atomic mass is 10.1. The van der Waals surface area contributed by atoms with Crippen molar-refractivity contribution >= 4 is 35.1 Å². The van der Waals surface area contributed by atoms with E-state index in [1.165, 1.54) is 34.7 Å². The van der Waals surface area contributed by atoms with Crippen LogP contribution in [0.5, 0.6) is 5.75 Å². The van der Waals surface area contributed by atoms with Crippen LogP contribution in [0.2, 0.25) is 0 Å². The largest absolute Gasteiger partial charge is 0.497 e. The fourth-order valence-electron chi connectivity index (χ4n) is 4.43. The Morgan fingerprint density at radius 3 is 2.53 bits per heavy atom. The van der Waals surface area contributed by atoms with Crippen molar-refractivity contribution in [2.24, 2.45) is 0 Å². The van der Waals surface area contributed by atoms with Crippen LogP contribution in [-0.4, -0.2) is 36.2 Å². The topological polar surface area (TPSA) is 61.9 Å². The Balaban J connectivity index is 1.58. The molecule has 6 nitrogen and oxygen atoms in total. The highest BCUT2D eigenvalue weighted by Crippen LogP contribution is 2.55. The molecule has 0 aromatic heterocycles. The van der Waals surface area contributed by atoms with Crippen molar-refractivity contribution in [3.8, 4) is 5.75 Å². The molecule has 174 valence electrons. The number of hydrogen-bond acceptors (Lipinski definition) is 4. The van der Waals surface area contributed by atoms with Gasteiger partial charge in [0.15, 0.2) is 4.87 Å². The number of nitrogens with one attached hydrogen (secondary N) is 1. The third kappa shape index (κ3) is 3.47. The Hall–Kier alpha value is -3.59. The van der Waals surface area contributed by atoms with Gasteiger partial charge in [0.05, 0.1) is 19.3 Å². The predicted octanol–water partition coefficient (Wildman–Crippen LogP) is 4.95. The second-order valence-corrected chi connectivity index (χ2v) is 9.20. The van der Waals surface area contributed by atoms with Crippen LogP contribution in [0.4, 0.5) is 25.0 Å². The SMILES string of the molecule is COc1ccc2c(c1)[C@]1(SCCN1C(=O)Nc1ccccc1)C(=O)N2Cc1c(F)cccc1F. The van der Waals surface area contributed by atoms with Gasteiger partial charge in [-0.3, -0.25) is 9.69 Å². The molecular weight excluding hydrogens is 460 g/mol. The number of carbonyl (C=O) groups is 2. The summed E-state index contributed by atoms with van der Waals surface area (Å²) in [6.45, 7) is 0.0285. The molecule has 2 heterocycles. The highest BCUT2D eigenvalue weighted by Gasteiger charge is 2.59. The lowest BCUT2D eigenvalue weighted by Crippen LogP contribution is -2.51. The lowest BCUT2D eigenvalue weighted by molar-refractivity contribution is -0.123. The summed E-state index contributed by atoms with van der Waals surface area (Å²) < 4.78 is 34.3. The summed E-state index contributed by atoms with van der Waals surface area (Å²) in [5.74, 6) is -0.861. The third-order valence-electron chi connectivity index (χ3n) is 6.05. The molecule has 0 aliphatic carbocycles. The van der Waals surface area contributed by atoms with Crippen LogP contribution < -0.4 is 15.0 Å². The highest BCUT2D eigenvalue weighted by atomic mass is 32.2. The van der Waals surface area contributed by atoms with Gasteiger partial charge in [-0.05, 0) is 42.5 Å². The highest BCUT2D eigenvalue weighted by molar-refractivity contribution is 8.01. The molecule has 34 heavy (non-hydrogen) atoms. The molecular formula is C25H21F2N3O3S. The zero-order valence-corrected chi connectivity index (χ0v) is 19.1. The number of nitrogens with zero attached hydrogens (tertiary/aromatic N) is 2. The zero-order chi connectivity index (χ0) is 23.9. The molecule has 1 N–H and O–H groups in total. The number of urea groups is 1. The summed E-state index contributed by atoms with van der Waals surface area (Å²) in [7, 11) is 1.51. The van der Waals surface area contributed by atoms with Gasteiger partial charge in [-0.25, -0.2) is 13.6 Å². The van der Waals surface area contributed by atoms with Crippen molar-refractivity contribution in [1.29, 1.82) is 0 Å². The fraction of sp³-hybridized carbons (Fsp3) is 0.200. The van der Waals surface area contributed by atoms with Crippen LogP contribution in [0.15, 0.2) is 66.7 Å². The maximum Gasteiger partial charge on any atom is 0.323 e. The van der Waals surface area contributed by atoms with Gasteiger partial charge >= 0.3 is 6.03 Å². The van der Waals surface area contributed by atoms with Crippen LogP contribution in [0.3, 0.4) is 0 Å². The summed E-state index contributed by atoms with van der Waals surface area (Å²) in [5, 5.41) is 2.85. The monoisotopic (exact) mass is 481 g/mol. The van der Waals surface area contributed by atoms with E-state index >= 15 is 0 Å². The van der Waals surface area contributed by atoms with Gasteiger partial charge in [0.2, 0.25) is 0 Å². The van der Waals surface area contributed by atoms with Crippen molar-refractivity contribution in [2.75, 3.05) is 29.6 Å². The number of fused-ring (bicyclic) bond motifs is 2. The van der Waals surface area contributed by atoms with E-state index in [-0.39, 0.29) is 12.1 Å². The van der Waals surface area contributed by atoms with E-state index in [1.807, 2.05) is 6.07 Å². The van der Waals surface area contributed by atoms with E-state index in [4.69, 9.17) is 4.74 Å². The second-order valence-electron chi connectivity index (χ2n) is 7.91. The Bertz CT molecular complexity index is 1250. The van der Waals surface area contributed by atoms with E-state index in [1.54, 1.807) is 42.5 Å². The van der Waals surface area contributed by atoms with Crippen LogP contribution in [0, 0.1) is 11.6 Å². The number of thioether (sulfide) groups is 1. The quantitative estimate of drug-likeness (QED) is 0.573. The molecule has 1 spiro atoms. The maximum absolute atomic E-state index is 14.5. The average Bonchev–Trinajstić information content (AvgIpc) is 3.38. The van der Waals surface area contributed by atoms with Gasteiger partial charge in [0.25, 0.3) is 5.91 Å². The molecule has 3 aromatic carbocycles. The summed E-state index contributed by atoms with van der Waals surface area (Å²) in [5.41, 5.74) is 1.43. The number of carbonyl (C=O) groups excluding carboxylic acids is 2. The first-order chi connectivity index (χ1) is 16.5. The average molecular weight is 482 g/mol. The van der Waals surface area contributed by atoms with Crippen molar-refractivity contribution < 1.29 is 23.1 Å². The summed E-state index contributed by atoms with van der Waals surface area (Å²) in [4.78, 5) is 28.8. The Labute approximate surface area is 199 Å². The molecule has 1 fully saturated rings. The normalized spacial score (nSPS) is 19.0. The number of anilines is 2. The molecule has 3 aromatic rings. The summed E-state index contributed by atoms with van der Waals surface area (Å²) in [6, 6.07) is 17.2. The Morgan fingerprint density at radius 2 is 1.82 bits per heavy atom. The minimum atomic E-state index is -1.37. The number of halogens is 2. The molecule has 1 atom stereocenters. The van der Waals surface area contributed by atoms with Crippen molar-refractivity contribution in [2.45, 2.75) is 11.4 Å². The minimum absolute atomic E-state index is 0.210. The molecule has 3 amide bonds. The molecule has 9 heteroatoms. The van der Waals surface area contributed by atoms with Crippen molar-refractivity contribution in [3.63, 3.8) is 0 Å². The standard InChI is InChI=1S/C25H21F2N3O3S/c1-33-17-10-11-22-19(14-17)25(23(31)29(22)15-18-20(26)8-5-9-21(18)27)30(12-13-34-25)24(32)28-16-6-3-2-4-7-16/h2-11,14H,12-13,15H2,1H3,(H,28,32)/t25-/m0/s1. The third-order valence-corrected chi connectivity index (χ3v) is 7.47. The predicted molar refractivity (Wildman–Crippen MR) is 127 cm³/mol. The van der Waals surface area contributed by atoms with E-state index < -0.39 is 28.4 Å². The first kappa shape index (κ1) is 22.2. The van der Waals surface area contributed by atoms with Crippen LogP contribution in [-0.2, 0) is 16.2 Å².